The van der Waals surface area contributed by atoms with E-state index < -0.39 is 42.0 Å². The Kier molecular flexibility index (Phi) is 9.79. The Bertz CT molecular complexity index is 395. The summed E-state index contributed by atoms with van der Waals surface area (Å²) in [5.74, 6) is -5.45. The number of hydrogen-bond donors (Lipinski definition) is 1. The van der Waals surface area contributed by atoms with E-state index in [1.165, 1.54) is 6.92 Å². The highest BCUT2D eigenvalue weighted by molar-refractivity contribution is 5.98. The van der Waals surface area contributed by atoms with Crippen LogP contribution in [-0.4, -0.2) is 53.4 Å². The third kappa shape index (κ3) is 7.40. The van der Waals surface area contributed by atoms with Crippen molar-refractivity contribution in [3.63, 3.8) is 0 Å². The maximum absolute atomic E-state index is 12.2. The molecular formula is C18H34O7. The second-order valence-electron chi connectivity index (χ2n) is 7.14. The van der Waals surface area contributed by atoms with Gasteiger partial charge in [0.2, 0.25) is 12.1 Å². The van der Waals surface area contributed by atoms with E-state index in [-0.39, 0.29) is 12.2 Å². The largest absolute Gasteiger partial charge is 0.481 e. The monoisotopic (exact) mass is 362 g/mol. The molecule has 0 aromatic heterocycles. The van der Waals surface area contributed by atoms with Crippen molar-refractivity contribution in [2.24, 2.45) is 5.92 Å². The molecule has 1 atom stereocenters. The maximum atomic E-state index is 12.2. The number of ether oxygens (including phenoxy) is 4. The number of carboxylic acid groups (broad SMARTS) is 1. The Balaban J connectivity index is 6.41. The molecule has 0 fully saturated rings. The molecule has 0 aliphatic carbocycles. The van der Waals surface area contributed by atoms with Gasteiger partial charge in [-0.1, -0.05) is 0 Å². The van der Waals surface area contributed by atoms with Crippen molar-refractivity contribution in [2.45, 2.75) is 98.8 Å². The molecular weight excluding hydrogens is 328 g/mol. The first-order valence-electron chi connectivity index (χ1n) is 8.73. The smallest absolute Gasteiger partial charge is 0.319 e. The molecule has 0 aromatic rings. The highest BCUT2D eigenvalue weighted by atomic mass is 16.8. The van der Waals surface area contributed by atoms with Crippen molar-refractivity contribution in [2.75, 3.05) is 0 Å². The Morgan fingerprint density at radius 1 is 0.760 bits per heavy atom. The number of Topliss-reactive ketones (excluding diaryl/α,β-unsaturated/α-hetero) is 1. The predicted molar refractivity (Wildman–Crippen MR) is 93.2 cm³/mol. The lowest BCUT2D eigenvalue weighted by atomic mass is 9.92. The summed E-state index contributed by atoms with van der Waals surface area (Å²) < 4.78 is 23.5. The standard InChI is InChI=1S/C18H34O7/c1-10(2)22-17(23-11(3)4)18(24-12(5)6,25-13(7)8)15(14(9)19)16(20)21/h10-13,15,17H,1-9H3,(H,20,21). The average molecular weight is 362 g/mol. The molecule has 148 valence electrons. The Morgan fingerprint density at radius 3 is 1.32 bits per heavy atom. The van der Waals surface area contributed by atoms with Crippen LogP contribution >= 0.6 is 0 Å². The number of carbonyl (C=O) groups is 2. The van der Waals surface area contributed by atoms with Gasteiger partial charge in [-0.3, -0.25) is 9.59 Å². The maximum Gasteiger partial charge on any atom is 0.319 e. The Hall–Kier alpha value is -1.02. The summed E-state index contributed by atoms with van der Waals surface area (Å²) in [4.78, 5) is 24.2. The summed E-state index contributed by atoms with van der Waals surface area (Å²) in [6.07, 6.45) is -2.63. The fraction of sp³-hybridized carbons (Fsp3) is 0.889. The van der Waals surface area contributed by atoms with E-state index in [0.717, 1.165) is 0 Å². The molecule has 0 radical (unpaired) electrons. The van der Waals surface area contributed by atoms with Crippen LogP contribution in [-0.2, 0) is 28.5 Å². The predicted octanol–water partition coefficient (Wildman–Crippen LogP) is 3.00. The van der Waals surface area contributed by atoms with Gasteiger partial charge in [0.05, 0.1) is 24.4 Å². The second kappa shape index (κ2) is 10.2. The van der Waals surface area contributed by atoms with Crippen LogP contribution in [0, 0.1) is 5.92 Å². The van der Waals surface area contributed by atoms with Crippen LogP contribution in [0.2, 0.25) is 0 Å². The fourth-order valence-electron chi connectivity index (χ4n) is 2.49. The topological polar surface area (TPSA) is 91.3 Å². The molecule has 0 bridgehead atoms. The van der Waals surface area contributed by atoms with Gasteiger partial charge < -0.3 is 24.1 Å². The van der Waals surface area contributed by atoms with E-state index >= 15 is 0 Å². The van der Waals surface area contributed by atoms with Gasteiger partial charge in [-0.2, -0.15) is 0 Å². The van der Waals surface area contributed by atoms with E-state index in [1.54, 1.807) is 55.4 Å². The van der Waals surface area contributed by atoms with Gasteiger partial charge in [0, 0.05) is 0 Å². The van der Waals surface area contributed by atoms with Crippen LogP contribution in [0.3, 0.4) is 0 Å². The number of carbonyl (C=O) groups excluding carboxylic acids is 1. The highest BCUT2D eigenvalue weighted by Crippen LogP contribution is 2.36. The van der Waals surface area contributed by atoms with Crippen molar-refractivity contribution in [1.29, 1.82) is 0 Å². The van der Waals surface area contributed by atoms with E-state index in [2.05, 4.69) is 0 Å². The number of ketones is 1. The van der Waals surface area contributed by atoms with E-state index in [0.29, 0.717) is 0 Å². The summed E-state index contributed by atoms with van der Waals surface area (Å²) in [5, 5.41) is 9.73. The molecule has 0 rings (SSSR count). The quantitative estimate of drug-likeness (QED) is 0.421. The summed E-state index contributed by atoms with van der Waals surface area (Å²) >= 11 is 0. The second-order valence-corrected chi connectivity index (χ2v) is 7.14. The van der Waals surface area contributed by atoms with Gasteiger partial charge >= 0.3 is 5.97 Å². The lowest BCUT2D eigenvalue weighted by molar-refractivity contribution is -0.390. The number of hydrogen-bond acceptors (Lipinski definition) is 6. The molecule has 0 spiro atoms. The minimum absolute atomic E-state index is 0.295. The van der Waals surface area contributed by atoms with Crippen LogP contribution in [0.15, 0.2) is 0 Å². The third-order valence-corrected chi connectivity index (χ3v) is 3.02. The lowest BCUT2D eigenvalue weighted by Gasteiger charge is -2.45. The number of carboxylic acids is 1. The number of aliphatic carboxylic acids is 1. The Labute approximate surface area is 151 Å². The average Bonchev–Trinajstić information content (AvgIpc) is 2.33. The summed E-state index contributed by atoms with van der Waals surface area (Å²) in [6.45, 7) is 15.3. The molecule has 7 heteroatoms. The summed E-state index contributed by atoms with van der Waals surface area (Å²) in [5.41, 5.74) is 0. The van der Waals surface area contributed by atoms with Crippen LogP contribution in [0.4, 0.5) is 0 Å². The molecule has 0 saturated heterocycles. The minimum Gasteiger partial charge on any atom is -0.481 e. The van der Waals surface area contributed by atoms with Gasteiger partial charge in [0.1, 0.15) is 5.78 Å². The summed E-state index contributed by atoms with van der Waals surface area (Å²) in [6, 6.07) is 0. The van der Waals surface area contributed by atoms with E-state index in [1.807, 2.05) is 0 Å². The molecule has 0 amide bonds. The normalized spacial score (nSPS) is 14.2. The van der Waals surface area contributed by atoms with Crippen molar-refractivity contribution < 1.29 is 33.6 Å². The van der Waals surface area contributed by atoms with Gasteiger partial charge in [-0.25, -0.2) is 0 Å². The molecule has 0 aromatic carbocycles. The SMILES string of the molecule is CC(=O)C(C(=O)O)C(OC(C)C)(OC(C)C)C(OC(C)C)OC(C)C. The summed E-state index contributed by atoms with van der Waals surface area (Å²) in [7, 11) is 0. The van der Waals surface area contributed by atoms with E-state index in [4.69, 9.17) is 18.9 Å². The van der Waals surface area contributed by atoms with Crippen LogP contribution in [0.1, 0.15) is 62.3 Å². The third-order valence-electron chi connectivity index (χ3n) is 3.02. The van der Waals surface area contributed by atoms with Gasteiger partial charge in [0.25, 0.3) is 0 Å². The first kappa shape index (κ1) is 24.0. The zero-order valence-corrected chi connectivity index (χ0v) is 16.9. The molecule has 0 aliphatic heterocycles. The molecule has 0 saturated carbocycles. The zero-order chi connectivity index (χ0) is 19.9. The van der Waals surface area contributed by atoms with Crippen LogP contribution in [0.5, 0.6) is 0 Å². The molecule has 1 N–H and O–H groups in total. The fourth-order valence-corrected chi connectivity index (χ4v) is 2.49. The van der Waals surface area contributed by atoms with Gasteiger partial charge in [-0.05, 0) is 62.3 Å². The molecule has 25 heavy (non-hydrogen) atoms. The highest BCUT2D eigenvalue weighted by Gasteiger charge is 2.57. The van der Waals surface area contributed by atoms with Crippen molar-refractivity contribution in [3.05, 3.63) is 0 Å². The van der Waals surface area contributed by atoms with Crippen molar-refractivity contribution in [3.8, 4) is 0 Å². The van der Waals surface area contributed by atoms with Crippen LogP contribution in [0.25, 0.3) is 0 Å². The Morgan fingerprint density at radius 2 is 1.12 bits per heavy atom. The number of rotatable bonds is 12. The zero-order valence-electron chi connectivity index (χ0n) is 16.9. The first-order chi connectivity index (χ1) is 11.3. The van der Waals surface area contributed by atoms with E-state index in [9.17, 15) is 14.7 Å². The van der Waals surface area contributed by atoms with Gasteiger partial charge in [-0.15, -0.1) is 0 Å². The minimum atomic E-state index is -1.91. The molecule has 0 heterocycles. The molecule has 0 aliphatic rings. The van der Waals surface area contributed by atoms with Crippen molar-refractivity contribution in [1.82, 2.24) is 0 Å². The van der Waals surface area contributed by atoms with Crippen molar-refractivity contribution >= 4 is 11.8 Å². The molecule has 1 unspecified atom stereocenters. The molecule has 7 nitrogen and oxygen atoms in total. The first-order valence-corrected chi connectivity index (χ1v) is 8.73. The lowest BCUT2D eigenvalue weighted by Crippen LogP contribution is -2.62. The van der Waals surface area contributed by atoms with Crippen LogP contribution < -0.4 is 0 Å². The van der Waals surface area contributed by atoms with Gasteiger partial charge in [0.15, 0.2) is 5.92 Å².